The largest absolute Gasteiger partial charge is 0.361 e. The minimum absolute atomic E-state index is 0.00984. The molecular weight excluding hydrogens is 314 g/mol. The Morgan fingerprint density at radius 3 is 2.64 bits per heavy atom. The van der Waals surface area contributed by atoms with Crippen molar-refractivity contribution in [3.05, 3.63) is 34.9 Å². The van der Waals surface area contributed by atoms with Gasteiger partial charge in [0.1, 0.15) is 0 Å². The van der Waals surface area contributed by atoms with Gasteiger partial charge in [-0.25, -0.2) is 0 Å². The summed E-state index contributed by atoms with van der Waals surface area (Å²) in [5.41, 5.74) is 9.12. The lowest BCUT2D eigenvalue weighted by molar-refractivity contribution is -0.147. The Labute approximate surface area is 150 Å². The number of nitrogens with two attached hydrogens (primary N) is 1. The summed E-state index contributed by atoms with van der Waals surface area (Å²) in [6.07, 6.45) is 2.94. The predicted molar refractivity (Wildman–Crippen MR) is 97.8 cm³/mol. The molecule has 1 fully saturated rings. The number of amides is 2. The maximum Gasteiger partial charge on any atom is 0.312 e. The second-order valence-corrected chi connectivity index (χ2v) is 8.17. The molecular formula is C20H29N3O2. The lowest BCUT2D eigenvalue weighted by Gasteiger charge is -2.43. The first-order chi connectivity index (χ1) is 11.7. The van der Waals surface area contributed by atoms with Crippen LogP contribution in [0.3, 0.4) is 0 Å². The van der Waals surface area contributed by atoms with Crippen LogP contribution in [0.25, 0.3) is 0 Å². The summed E-state index contributed by atoms with van der Waals surface area (Å²) in [6.45, 7) is 8.22. The normalized spacial score (nSPS) is 26.2. The lowest BCUT2D eigenvalue weighted by atomic mass is 9.81. The maximum absolute atomic E-state index is 12.3. The van der Waals surface area contributed by atoms with Crippen LogP contribution in [0.4, 0.5) is 0 Å². The van der Waals surface area contributed by atoms with Gasteiger partial charge in [0.2, 0.25) is 0 Å². The van der Waals surface area contributed by atoms with Crippen LogP contribution in [0.5, 0.6) is 0 Å². The average molecular weight is 343 g/mol. The number of fused-ring (bicyclic) bond motifs is 1. The van der Waals surface area contributed by atoms with E-state index in [1.165, 1.54) is 11.1 Å². The van der Waals surface area contributed by atoms with Crippen LogP contribution in [-0.2, 0) is 21.5 Å². The van der Waals surface area contributed by atoms with E-state index in [2.05, 4.69) is 50.9 Å². The molecule has 0 spiro atoms. The van der Waals surface area contributed by atoms with E-state index in [9.17, 15) is 9.59 Å². The van der Waals surface area contributed by atoms with Gasteiger partial charge < -0.3 is 10.6 Å². The van der Waals surface area contributed by atoms with Crippen molar-refractivity contribution in [3.63, 3.8) is 0 Å². The third-order valence-electron chi connectivity index (χ3n) is 6.13. The molecule has 2 heterocycles. The molecule has 2 aliphatic heterocycles. The number of likely N-dealkylation sites (N-methyl/N-ethyl adjacent to an activating group) is 1. The maximum atomic E-state index is 12.3. The molecule has 2 amide bonds. The van der Waals surface area contributed by atoms with Gasteiger partial charge in [0.15, 0.2) is 0 Å². The van der Waals surface area contributed by atoms with Gasteiger partial charge >= 0.3 is 11.8 Å². The summed E-state index contributed by atoms with van der Waals surface area (Å²) >= 11 is 0. The zero-order valence-corrected chi connectivity index (χ0v) is 15.7. The van der Waals surface area contributed by atoms with Crippen LogP contribution in [0.2, 0.25) is 0 Å². The number of benzene rings is 1. The molecule has 1 aromatic rings. The molecule has 136 valence electrons. The SMILES string of the molecule is CC1CCC(c2ccc3c(c2)CCN(C)C3(C)C)N(C(=O)C(N)=O)C1. The van der Waals surface area contributed by atoms with Crippen molar-refractivity contribution in [1.82, 2.24) is 9.80 Å². The Morgan fingerprint density at radius 2 is 1.96 bits per heavy atom. The fourth-order valence-electron chi connectivity index (χ4n) is 4.26. The molecule has 5 heteroatoms. The van der Waals surface area contributed by atoms with E-state index in [0.29, 0.717) is 12.5 Å². The van der Waals surface area contributed by atoms with Gasteiger partial charge in [0, 0.05) is 18.6 Å². The highest BCUT2D eigenvalue weighted by Gasteiger charge is 2.35. The molecule has 2 atom stereocenters. The molecule has 1 saturated heterocycles. The summed E-state index contributed by atoms with van der Waals surface area (Å²) in [7, 11) is 2.16. The molecule has 0 aromatic heterocycles. The first-order valence-corrected chi connectivity index (χ1v) is 9.16. The monoisotopic (exact) mass is 343 g/mol. The third kappa shape index (κ3) is 3.17. The van der Waals surface area contributed by atoms with Gasteiger partial charge in [-0.1, -0.05) is 25.1 Å². The van der Waals surface area contributed by atoms with E-state index >= 15 is 0 Å². The number of hydrogen-bond donors (Lipinski definition) is 1. The van der Waals surface area contributed by atoms with Gasteiger partial charge in [-0.15, -0.1) is 0 Å². The molecule has 0 aliphatic carbocycles. The van der Waals surface area contributed by atoms with Crippen molar-refractivity contribution in [2.45, 2.75) is 51.6 Å². The third-order valence-corrected chi connectivity index (χ3v) is 6.13. The fraction of sp³-hybridized carbons (Fsp3) is 0.600. The van der Waals surface area contributed by atoms with E-state index in [0.717, 1.165) is 31.4 Å². The van der Waals surface area contributed by atoms with E-state index in [1.807, 2.05) is 0 Å². The van der Waals surface area contributed by atoms with Crippen molar-refractivity contribution in [3.8, 4) is 0 Å². The standard InChI is InChI=1S/C20H29N3O2/c1-13-5-8-17(23(12-13)19(25)18(21)24)15-6-7-16-14(11-15)9-10-22(4)20(16,2)3/h6-7,11,13,17H,5,8-10,12H2,1-4H3,(H2,21,24). The minimum atomic E-state index is -0.861. The van der Waals surface area contributed by atoms with Gasteiger partial charge in [-0.3, -0.25) is 14.5 Å². The Bertz CT molecular complexity index is 698. The summed E-state index contributed by atoms with van der Waals surface area (Å²) in [5.74, 6) is -1.03. The van der Waals surface area contributed by atoms with Crippen LogP contribution < -0.4 is 5.73 Å². The zero-order chi connectivity index (χ0) is 18.4. The molecule has 0 radical (unpaired) electrons. The first kappa shape index (κ1) is 17.9. The van der Waals surface area contributed by atoms with E-state index < -0.39 is 11.8 Å². The quantitative estimate of drug-likeness (QED) is 0.795. The van der Waals surface area contributed by atoms with Crippen LogP contribution in [-0.4, -0.2) is 41.8 Å². The first-order valence-electron chi connectivity index (χ1n) is 9.16. The Balaban J connectivity index is 1.95. The zero-order valence-electron chi connectivity index (χ0n) is 15.7. The molecule has 0 bridgehead atoms. The van der Waals surface area contributed by atoms with Crippen LogP contribution in [0, 0.1) is 5.92 Å². The Kier molecular flexibility index (Phi) is 4.62. The van der Waals surface area contributed by atoms with Crippen molar-refractivity contribution in [2.24, 2.45) is 11.7 Å². The van der Waals surface area contributed by atoms with Crippen LogP contribution in [0.15, 0.2) is 18.2 Å². The highest BCUT2D eigenvalue weighted by atomic mass is 16.2. The van der Waals surface area contributed by atoms with Crippen molar-refractivity contribution < 1.29 is 9.59 Å². The van der Waals surface area contributed by atoms with E-state index in [4.69, 9.17) is 5.73 Å². The van der Waals surface area contributed by atoms with Crippen molar-refractivity contribution in [1.29, 1.82) is 0 Å². The van der Waals surface area contributed by atoms with Gasteiger partial charge in [-0.2, -0.15) is 0 Å². The second-order valence-electron chi connectivity index (χ2n) is 8.17. The molecule has 2 unspecified atom stereocenters. The smallest absolute Gasteiger partial charge is 0.312 e. The summed E-state index contributed by atoms with van der Waals surface area (Å²) < 4.78 is 0. The molecule has 5 nitrogen and oxygen atoms in total. The number of carbonyl (C=O) groups is 2. The fourth-order valence-corrected chi connectivity index (χ4v) is 4.26. The highest BCUT2D eigenvalue weighted by Crippen LogP contribution is 2.38. The number of rotatable bonds is 1. The second kappa shape index (κ2) is 6.45. The van der Waals surface area contributed by atoms with Crippen LogP contribution in [0.1, 0.15) is 56.3 Å². The summed E-state index contributed by atoms with van der Waals surface area (Å²) in [5, 5.41) is 0. The summed E-state index contributed by atoms with van der Waals surface area (Å²) in [4.78, 5) is 27.8. The predicted octanol–water partition coefficient (Wildman–Crippen LogP) is 2.19. The van der Waals surface area contributed by atoms with E-state index in [1.54, 1.807) is 4.90 Å². The number of likely N-dealkylation sites (tertiary alicyclic amines) is 1. The Hall–Kier alpha value is -1.88. The van der Waals surface area contributed by atoms with Gasteiger partial charge in [-0.05, 0) is 62.8 Å². The number of piperidine rings is 1. The molecule has 0 saturated carbocycles. The topological polar surface area (TPSA) is 66.6 Å². The molecule has 2 N–H and O–H groups in total. The average Bonchev–Trinajstić information content (AvgIpc) is 2.57. The number of hydrogen-bond acceptors (Lipinski definition) is 3. The van der Waals surface area contributed by atoms with Gasteiger partial charge in [0.05, 0.1) is 6.04 Å². The number of carbonyl (C=O) groups excluding carboxylic acids is 2. The molecule has 25 heavy (non-hydrogen) atoms. The number of primary amides is 1. The van der Waals surface area contributed by atoms with Gasteiger partial charge in [0.25, 0.3) is 0 Å². The lowest BCUT2D eigenvalue weighted by Crippen LogP contribution is -2.47. The number of nitrogens with zero attached hydrogens (tertiary/aromatic N) is 2. The molecule has 3 rings (SSSR count). The van der Waals surface area contributed by atoms with Crippen LogP contribution >= 0.6 is 0 Å². The molecule has 1 aromatic carbocycles. The highest BCUT2D eigenvalue weighted by molar-refractivity contribution is 6.34. The molecule has 2 aliphatic rings. The summed E-state index contributed by atoms with van der Waals surface area (Å²) in [6, 6.07) is 6.52. The van der Waals surface area contributed by atoms with Crippen molar-refractivity contribution in [2.75, 3.05) is 20.1 Å². The minimum Gasteiger partial charge on any atom is -0.361 e. The Morgan fingerprint density at radius 1 is 1.24 bits per heavy atom. The van der Waals surface area contributed by atoms with Crippen molar-refractivity contribution >= 4 is 11.8 Å². The van der Waals surface area contributed by atoms with E-state index in [-0.39, 0.29) is 11.6 Å².